The number of rotatable bonds is 3. The van der Waals surface area contributed by atoms with Crippen LogP contribution in [0.5, 0.6) is 0 Å². The smallest absolute Gasteiger partial charge is 0.350 e. The maximum atomic E-state index is 11.4. The summed E-state index contributed by atoms with van der Waals surface area (Å²) in [6.07, 6.45) is 0. The summed E-state index contributed by atoms with van der Waals surface area (Å²) in [4.78, 5) is 13.6. The lowest BCUT2D eigenvalue weighted by Gasteiger charge is -2.13. The molecule has 0 aromatic carbocycles. The van der Waals surface area contributed by atoms with E-state index in [1.165, 1.54) is 18.4 Å². The molecule has 1 heterocycles. The molecule has 0 bridgehead atoms. The van der Waals surface area contributed by atoms with Crippen LogP contribution in [0.25, 0.3) is 0 Å². The number of nitrogens with two attached hydrogens (primary N) is 1. The zero-order valence-corrected chi connectivity index (χ0v) is 10.2. The van der Waals surface area contributed by atoms with Crippen molar-refractivity contribution < 1.29 is 9.53 Å². The summed E-state index contributed by atoms with van der Waals surface area (Å²) in [7, 11) is 3.13. The van der Waals surface area contributed by atoms with Gasteiger partial charge in [-0.2, -0.15) is 5.26 Å². The van der Waals surface area contributed by atoms with Crippen LogP contribution in [0.4, 0.5) is 10.7 Å². The fourth-order valence-electron chi connectivity index (χ4n) is 1.20. The first kappa shape index (κ1) is 12.3. The summed E-state index contributed by atoms with van der Waals surface area (Å²) in [5.74, 6) is -0.505. The number of nitriles is 1. The van der Waals surface area contributed by atoms with E-state index in [0.29, 0.717) is 10.6 Å². The van der Waals surface area contributed by atoms with Crippen molar-refractivity contribution in [2.24, 2.45) is 0 Å². The maximum Gasteiger partial charge on any atom is 0.350 e. The summed E-state index contributed by atoms with van der Waals surface area (Å²) in [6, 6.07) is 2.01. The van der Waals surface area contributed by atoms with Gasteiger partial charge in [0.15, 0.2) is 0 Å². The van der Waals surface area contributed by atoms with Crippen LogP contribution in [0.3, 0.4) is 0 Å². The molecular formula is C10H13N3O2S. The molecule has 0 aliphatic heterocycles. The summed E-state index contributed by atoms with van der Waals surface area (Å²) < 4.78 is 4.61. The molecule has 0 aliphatic carbocycles. The molecular weight excluding hydrogens is 226 g/mol. The fourth-order valence-corrected chi connectivity index (χ4v) is 2.31. The molecule has 2 N–H and O–H groups in total. The molecule has 0 aliphatic rings. The van der Waals surface area contributed by atoms with Gasteiger partial charge in [0.1, 0.15) is 21.5 Å². The van der Waals surface area contributed by atoms with E-state index in [-0.39, 0.29) is 10.6 Å². The molecule has 0 atom stereocenters. The molecule has 16 heavy (non-hydrogen) atoms. The Hall–Kier alpha value is -1.74. The molecule has 6 heteroatoms. The van der Waals surface area contributed by atoms with Crippen molar-refractivity contribution in [2.45, 2.75) is 6.92 Å². The Morgan fingerprint density at radius 2 is 2.31 bits per heavy atom. The molecule has 0 amide bonds. The minimum Gasteiger partial charge on any atom is -0.465 e. The zero-order valence-electron chi connectivity index (χ0n) is 9.40. The van der Waals surface area contributed by atoms with Gasteiger partial charge in [0.05, 0.1) is 12.8 Å². The van der Waals surface area contributed by atoms with Crippen molar-refractivity contribution in [3.8, 4) is 6.07 Å². The number of nitrogens with zero attached hydrogens (tertiary/aromatic N) is 2. The van der Waals surface area contributed by atoms with E-state index < -0.39 is 5.97 Å². The number of hydrogen-bond donors (Lipinski definition) is 1. The Labute approximate surface area is 98.0 Å². The lowest BCUT2D eigenvalue weighted by molar-refractivity contribution is 0.0607. The van der Waals surface area contributed by atoms with Gasteiger partial charge in [-0.25, -0.2) is 4.79 Å². The first-order valence-corrected chi connectivity index (χ1v) is 5.50. The number of ether oxygens (including phenoxy) is 1. The molecule has 86 valence electrons. The highest BCUT2D eigenvalue weighted by Crippen LogP contribution is 2.37. The minimum absolute atomic E-state index is 0.203. The molecule has 0 radical (unpaired) electrons. The highest BCUT2D eigenvalue weighted by atomic mass is 32.1. The van der Waals surface area contributed by atoms with Gasteiger partial charge >= 0.3 is 5.97 Å². The second-order valence-electron chi connectivity index (χ2n) is 3.14. The predicted octanol–water partition coefficient (Wildman–Crippen LogP) is 1.44. The summed E-state index contributed by atoms with van der Waals surface area (Å²) in [5, 5.41) is 9.71. The molecule has 0 fully saturated rings. The quantitative estimate of drug-likeness (QED) is 0.807. The van der Waals surface area contributed by atoms with Crippen molar-refractivity contribution >= 4 is 28.0 Å². The third kappa shape index (κ3) is 1.95. The highest BCUT2D eigenvalue weighted by Gasteiger charge is 2.22. The summed E-state index contributed by atoms with van der Waals surface area (Å²) in [6.45, 7) is 2.68. The number of hydrogen-bond acceptors (Lipinski definition) is 6. The largest absolute Gasteiger partial charge is 0.465 e. The Morgan fingerprint density at radius 3 is 2.75 bits per heavy atom. The maximum absolute atomic E-state index is 11.4. The van der Waals surface area contributed by atoms with Gasteiger partial charge in [-0.1, -0.05) is 0 Å². The third-order valence-corrected chi connectivity index (χ3v) is 3.53. The summed E-state index contributed by atoms with van der Waals surface area (Å²) in [5.41, 5.74) is 6.29. The fraction of sp³-hybridized carbons (Fsp3) is 0.400. The number of carbonyl (C=O) groups excluding carboxylic acids is 1. The van der Waals surface area contributed by atoms with Gasteiger partial charge in [-0.15, -0.1) is 11.3 Å². The van der Waals surface area contributed by atoms with Gasteiger partial charge in [0.25, 0.3) is 0 Å². The molecule has 0 saturated carbocycles. The first-order chi connectivity index (χ1) is 7.56. The van der Waals surface area contributed by atoms with Crippen LogP contribution in [0.1, 0.15) is 22.2 Å². The average Bonchev–Trinajstić information content (AvgIpc) is 2.64. The topological polar surface area (TPSA) is 79.3 Å². The Bertz CT molecular complexity index is 448. The van der Waals surface area contributed by atoms with E-state index in [9.17, 15) is 4.79 Å². The second-order valence-corrected chi connectivity index (χ2v) is 4.14. The van der Waals surface area contributed by atoms with Crippen LogP contribution in [0.15, 0.2) is 0 Å². The lowest BCUT2D eigenvalue weighted by Crippen LogP contribution is -2.15. The van der Waals surface area contributed by atoms with Gasteiger partial charge in [-0.05, 0) is 6.92 Å². The Kier molecular flexibility index (Phi) is 3.74. The van der Waals surface area contributed by atoms with Gasteiger partial charge in [-0.3, -0.25) is 0 Å². The predicted molar refractivity (Wildman–Crippen MR) is 63.7 cm³/mol. The standard InChI is InChI=1S/C10H13N3O2S/c1-4-13(2)9-6(5-11)7(12)8(16-9)10(14)15-3/h4,12H2,1-3H3. The molecule has 0 unspecified atom stereocenters. The molecule has 0 saturated heterocycles. The van der Waals surface area contributed by atoms with Crippen LogP contribution in [0, 0.1) is 11.3 Å². The highest BCUT2D eigenvalue weighted by molar-refractivity contribution is 7.18. The molecule has 1 rings (SSSR count). The van der Waals surface area contributed by atoms with Crippen LogP contribution < -0.4 is 10.6 Å². The SMILES string of the molecule is CCN(C)c1sc(C(=O)OC)c(N)c1C#N. The number of esters is 1. The normalized spacial score (nSPS) is 9.62. The molecule has 0 spiro atoms. The van der Waals surface area contributed by atoms with Crippen LogP contribution in [-0.2, 0) is 4.74 Å². The van der Waals surface area contributed by atoms with Crippen molar-refractivity contribution in [2.75, 3.05) is 31.3 Å². The van der Waals surface area contributed by atoms with Crippen LogP contribution in [-0.4, -0.2) is 26.7 Å². The van der Waals surface area contributed by atoms with Gasteiger partial charge in [0.2, 0.25) is 0 Å². The Balaban J connectivity index is 3.32. The van der Waals surface area contributed by atoms with E-state index in [2.05, 4.69) is 4.74 Å². The first-order valence-electron chi connectivity index (χ1n) is 4.68. The number of anilines is 2. The third-order valence-electron chi connectivity index (χ3n) is 2.23. The minimum atomic E-state index is -0.505. The van der Waals surface area contributed by atoms with E-state index in [1.54, 1.807) is 0 Å². The Morgan fingerprint density at radius 1 is 1.69 bits per heavy atom. The second kappa shape index (κ2) is 4.86. The van der Waals surface area contributed by atoms with Gasteiger partial charge < -0.3 is 15.4 Å². The van der Waals surface area contributed by atoms with E-state index >= 15 is 0 Å². The zero-order chi connectivity index (χ0) is 12.3. The van der Waals surface area contributed by atoms with Gasteiger partial charge in [0, 0.05) is 13.6 Å². The molecule has 1 aromatic heterocycles. The van der Waals surface area contributed by atoms with Crippen LogP contribution in [0.2, 0.25) is 0 Å². The molecule has 5 nitrogen and oxygen atoms in total. The molecule has 1 aromatic rings. The summed E-state index contributed by atoms with van der Waals surface area (Å²) >= 11 is 1.18. The average molecular weight is 239 g/mol. The van der Waals surface area contributed by atoms with E-state index in [4.69, 9.17) is 11.0 Å². The number of nitrogen functional groups attached to an aromatic ring is 1. The van der Waals surface area contributed by atoms with E-state index in [0.717, 1.165) is 6.54 Å². The number of carbonyl (C=O) groups is 1. The number of thiophene rings is 1. The van der Waals surface area contributed by atoms with Crippen molar-refractivity contribution in [1.29, 1.82) is 5.26 Å². The van der Waals surface area contributed by atoms with E-state index in [1.807, 2.05) is 24.9 Å². The van der Waals surface area contributed by atoms with Crippen LogP contribution >= 0.6 is 11.3 Å². The van der Waals surface area contributed by atoms with Crippen molar-refractivity contribution in [3.63, 3.8) is 0 Å². The monoisotopic (exact) mass is 239 g/mol. The van der Waals surface area contributed by atoms with Crippen molar-refractivity contribution in [1.82, 2.24) is 0 Å². The van der Waals surface area contributed by atoms with Crippen molar-refractivity contribution in [3.05, 3.63) is 10.4 Å². The lowest BCUT2D eigenvalue weighted by atomic mass is 10.2. The number of methoxy groups -OCH3 is 1.